The van der Waals surface area contributed by atoms with E-state index in [1.54, 1.807) is 12.0 Å². The summed E-state index contributed by atoms with van der Waals surface area (Å²) in [4.78, 5) is 14.1. The van der Waals surface area contributed by atoms with Gasteiger partial charge in [-0.1, -0.05) is 41.9 Å². The molecule has 0 aliphatic heterocycles. The van der Waals surface area contributed by atoms with Crippen LogP contribution in [0, 0.1) is 5.82 Å². The third-order valence-corrected chi connectivity index (χ3v) is 3.47. The fourth-order valence-electron chi connectivity index (χ4n) is 2.09. The Morgan fingerprint density at radius 1 is 1.23 bits per heavy atom. The van der Waals surface area contributed by atoms with Crippen molar-refractivity contribution in [1.82, 2.24) is 4.90 Å². The van der Waals surface area contributed by atoms with Gasteiger partial charge in [0, 0.05) is 25.2 Å². The van der Waals surface area contributed by atoms with Gasteiger partial charge in [-0.2, -0.15) is 0 Å². The molecule has 0 aliphatic rings. The Kier molecular flexibility index (Phi) is 5.92. The molecule has 0 saturated carbocycles. The number of halogens is 2. The highest BCUT2D eigenvalue weighted by atomic mass is 35.5. The first-order valence-corrected chi connectivity index (χ1v) is 7.27. The van der Waals surface area contributed by atoms with Crippen molar-refractivity contribution in [3.63, 3.8) is 0 Å². The molecule has 3 nitrogen and oxygen atoms in total. The summed E-state index contributed by atoms with van der Waals surface area (Å²) >= 11 is 5.73. The number of amides is 1. The quantitative estimate of drug-likeness (QED) is 0.810. The van der Waals surface area contributed by atoms with Gasteiger partial charge in [0.2, 0.25) is 0 Å². The Morgan fingerprint density at radius 3 is 2.59 bits per heavy atom. The van der Waals surface area contributed by atoms with Crippen molar-refractivity contribution < 1.29 is 13.9 Å². The normalized spacial score (nSPS) is 10.5. The minimum atomic E-state index is -0.618. The molecule has 0 unspecified atom stereocenters. The smallest absolute Gasteiger partial charge is 0.257 e. The summed E-state index contributed by atoms with van der Waals surface area (Å²) in [5.74, 6) is -0.997. The fraction of sp³-hybridized carbons (Fsp3) is 0.235. The molecule has 5 heteroatoms. The van der Waals surface area contributed by atoms with Crippen molar-refractivity contribution >= 4 is 17.5 Å². The zero-order chi connectivity index (χ0) is 15.9. The Morgan fingerprint density at radius 2 is 1.95 bits per heavy atom. The lowest BCUT2D eigenvalue weighted by Gasteiger charge is -2.23. The third-order valence-electron chi connectivity index (χ3n) is 3.23. The van der Waals surface area contributed by atoms with Crippen molar-refractivity contribution in [2.75, 3.05) is 20.3 Å². The largest absolute Gasteiger partial charge is 0.383 e. The number of methoxy groups -OCH3 is 1. The standard InChI is InChI=1S/C17H17ClFNO2/c1-22-10-9-20(12-13-5-3-2-4-6-13)17(21)15-8-7-14(18)11-16(15)19/h2-8,11H,9-10,12H2,1H3. The number of benzene rings is 2. The van der Waals surface area contributed by atoms with Crippen LogP contribution in [0.3, 0.4) is 0 Å². The molecule has 2 aromatic rings. The van der Waals surface area contributed by atoms with Gasteiger partial charge < -0.3 is 9.64 Å². The van der Waals surface area contributed by atoms with E-state index in [1.165, 1.54) is 12.1 Å². The van der Waals surface area contributed by atoms with Gasteiger partial charge in [-0.05, 0) is 23.8 Å². The van der Waals surface area contributed by atoms with E-state index in [-0.39, 0.29) is 16.5 Å². The van der Waals surface area contributed by atoms with Crippen LogP contribution in [0.4, 0.5) is 4.39 Å². The number of rotatable bonds is 6. The Hall–Kier alpha value is -1.91. The van der Waals surface area contributed by atoms with Crippen molar-refractivity contribution in [2.45, 2.75) is 6.54 Å². The van der Waals surface area contributed by atoms with E-state index in [0.717, 1.165) is 11.6 Å². The molecule has 22 heavy (non-hydrogen) atoms. The summed E-state index contributed by atoms with van der Waals surface area (Å²) in [5, 5.41) is 0.264. The highest BCUT2D eigenvalue weighted by Crippen LogP contribution is 2.17. The zero-order valence-electron chi connectivity index (χ0n) is 12.3. The molecule has 0 bridgehead atoms. The van der Waals surface area contributed by atoms with E-state index < -0.39 is 5.82 Å². The molecule has 0 N–H and O–H groups in total. The number of hydrogen-bond acceptors (Lipinski definition) is 2. The molecule has 2 rings (SSSR count). The van der Waals surface area contributed by atoms with Crippen molar-refractivity contribution in [3.05, 3.63) is 70.5 Å². The number of carbonyl (C=O) groups excluding carboxylic acids is 1. The van der Waals surface area contributed by atoms with E-state index >= 15 is 0 Å². The first-order valence-electron chi connectivity index (χ1n) is 6.89. The average molecular weight is 322 g/mol. The number of carbonyl (C=O) groups is 1. The van der Waals surface area contributed by atoms with Crippen LogP contribution in [0.5, 0.6) is 0 Å². The minimum Gasteiger partial charge on any atom is -0.383 e. The first-order chi connectivity index (χ1) is 10.6. The molecule has 2 aromatic carbocycles. The van der Waals surface area contributed by atoms with Gasteiger partial charge in [0.05, 0.1) is 12.2 Å². The van der Waals surface area contributed by atoms with Gasteiger partial charge in [0.25, 0.3) is 5.91 Å². The van der Waals surface area contributed by atoms with Gasteiger partial charge >= 0.3 is 0 Å². The Bertz CT molecular complexity index is 634. The second kappa shape index (κ2) is 7.92. The number of ether oxygens (including phenoxy) is 1. The topological polar surface area (TPSA) is 29.5 Å². The lowest BCUT2D eigenvalue weighted by molar-refractivity contribution is 0.0676. The maximum absolute atomic E-state index is 14.0. The number of nitrogens with zero attached hydrogens (tertiary/aromatic N) is 1. The van der Waals surface area contributed by atoms with Crippen LogP contribution in [-0.4, -0.2) is 31.1 Å². The van der Waals surface area contributed by atoms with Gasteiger partial charge in [-0.3, -0.25) is 4.79 Å². The summed E-state index contributed by atoms with van der Waals surface area (Å²) in [7, 11) is 1.56. The Labute approximate surface area is 134 Å². The van der Waals surface area contributed by atoms with E-state index in [0.29, 0.717) is 19.7 Å². The molecule has 0 radical (unpaired) electrons. The van der Waals surface area contributed by atoms with Gasteiger partial charge in [-0.15, -0.1) is 0 Å². The van der Waals surface area contributed by atoms with Gasteiger partial charge in [0.15, 0.2) is 0 Å². The highest BCUT2D eigenvalue weighted by Gasteiger charge is 2.19. The first kappa shape index (κ1) is 16.5. The van der Waals surface area contributed by atoms with E-state index in [1.807, 2.05) is 30.3 Å². The lowest BCUT2D eigenvalue weighted by atomic mass is 10.1. The van der Waals surface area contributed by atoms with Gasteiger partial charge in [0.1, 0.15) is 5.82 Å². The van der Waals surface area contributed by atoms with Crippen LogP contribution >= 0.6 is 11.6 Å². The van der Waals surface area contributed by atoms with Gasteiger partial charge in [-0.25, -0.2) is 4.39 Å². The van der Waals surface area contributed by atoms with Crippen LogP contribution < -0.4 is 0 Å². The molecule has 0 saturated heterocycles. The summed E-state index contributed by atoms with van der Waals surface area (Å²) in [6.45, 7) is 1.16. The molecule has 0 atom stereocenters. The number of hydrogen-bond donors (Lipinski definition) is 0. The molecule has 0 fully saturated rings. The summed E-state index contributed by atoms with van der Waals surface area (Å²) in [6, 6.07) is 13.6. The van der Waals surface area contributed by atoms with Crippen LogP contribution in [0.25, 0.3) is 0 Å². The maximum atomic E-state index is 14.0. The van der Waals surface area contributed by atoms with E-state index in [4.69, 9.17) is 16.3 Å². The second-order valence-electron chi connectivity index (χ2n) is 4.83. The van der Waals surface area contributed by atoms with Crippen molar-refractivity contribution in [2.24, 2.45) is 0 Å². The van der Waals surface area contributed by atoms with Crippen LogP contribution in [0.15, 0.2) is 48.5 Å². The molecule has 116 valence electrons. The SMILES string of the molecule is COCCN(Cc1ccccc1)C(=O)c1ccc(Cl)cc1F. The fourth-order valence-corrected chi connectivity index (χ4v) is 2.25. The third kappa shape index (κ3) is 4.29. The van der Waals surface area contributed by atoms with Crippen LogP contribution in [0.2, 0.25) is 5.02 Å². The molecule has 1 amide bonds. The minimum absolute atomic E-state index is 0.0106. The Balaban J connectivity index is 2.22. The zero-order valence-corrected chi connectivity index (χ0v) is 13.0. The molecule has 0 aromatic heterocycles. The monoisotopic (exact) mass is 321 g/mol. The average Bonchev–Trinajstić information content (AvgIpc) is 2.52. The molecule has 0 heterocycles. The highest BCUT2D eigenvalue weighted by molar-refractivity contribution is 6.30. The van der Waals surface area contributed by atoms with Crippen molar-refractivity contribution in [3.8, 4) is 0 Å². The molecule has 0 spiro atoms. The predicted molar refractivity (Wildman–Crippen MR) is 84.5 cm³/mol. The van der Waals surface area contributed by atoms with Crippen LogP contribution in [0.1, 0.15) is 15.9 Å². The lowest BCUT2D eigenvalue weighted by Crippen LogP contribution is -2.34. The second-order valence-corrected chi connectivity index (χ2v) is 5.27. The van der Waals surface area contributed by atoms with Crippen molar-refractivity contribution in [1.29, 1.82) is 0 Å². The molecular weight excluding hydrogens is 305 g/mol. The molecule has 0 aliphatic carbocycles. The summed E-state index contributed by atoms with van der Waals surface area (Å²) in [5.41, 5.74) is 0.984. The van der Waals surface area contributed by atoms with E-state index in [2.05, 4.69) is 0 Å². The predicted octanol–water partition coefficient (Wildman–Crippen LogP) is 3.77. The maximum Gasteiger partial charge on any atom is 0.257 e. The summed E-state index contributed by atoms with van der Waals surface area (Å²) < 4.78 is 19.0. The molecular formula is C17H17ClFNO2. The van der Waals surface area contributed by atoms with E-state index in [9.17, 15) is 9.18 Å². The summed E-state index contributed by atoms with van der Waals surface area (Å²) in [6.07, 6.45) is 0. The van der Waals surface area contributed by atoms with Crippen LogP contribution in [-0.2, 0) is 11.3 Å².